The number of nitrogens with zero attached hydrogens (tertiary/aromatic N) is 1. The number of methoxy groups -OCH3 is 2. The number of ether oxygens (including phenoxy) is 3. The molecule has 1 aromatic heterocycles. The number of carbonyl (C=O) groups is 2. The first-order valence-corrected chi connectivity index (χ1v) is 7.33. The average Bonchev–Trinajstić information content (AvgIpc) is 2.47. The Hall–Kier alpha value is -1.51. The molecule has 0 unspecified atom stereocenters. The third kappa shape index (κ3) is 4.02. The smallest absolute Gasteiger partial charge is 0.356 e. The highest BCUT2D eigenvalue weighted by molar-refractivity contribution is 9.10. The summed E-state index contributed by atoms with van der Waals surface area (Å²) in [7, 11) is 2.89. The number of hydrogen-bond donors (Lipinski definition) is 0. The summed E-state index contributed by atoms with van der Waals surface area (Å²) >= 11 is 3.09. The first kappa shape index (κ1) is 18.5. The van der Waals surface area contributed by atoms with Gasteiger partial charge in [0, 0.05) is 20.4 Å². The molecule has 0 fully saturated rings. The van der Waals surface area contributed by atoms with E-state index in [0.29, 0.717) is 0 Å². The molecule has 1 rings (SSSR count). The van der Waals surface area contributed by atoms with E-state index in [4.69, 9.17) is 14.2 Å². The molecule has 0 aliphatic carbocycles. The number of ketones is 1. The highest BCUT2D eigenvalue weighted by Gasteiger charge is 2.23. The van der Waals surface area contributed by atoms with Gasteiger partial charge in [-0.15, -0.1) is 0 Å². The van der Waals surface area contributed by atoms with Crippen LogP contribution in [0.15, 0.2) is 15.5 Å². The van der Waals surface area contributed by atoms with Gasteiger partial charge in [0.25, 0.3) is 0 Å². The van der Waals surface area contributed by atoms with Crippen molar-refractivity contribution in [3.8, 4) is 0 Å². The van der Waals surface area contributed by atoms with Gasteiger partial charge in [-0.25, -0.2) is 4.79 Å². The maximum Gasteiger partial charge on any atom is 0.356 e. The highest BCUT2D eigenvalue weighted by atomic mass is 79.9. The van der Waals surface area contributed by atoms with Gasteiger partial charge < -0.3 is 18.8 Å². The van der Waals surface area contributed by atoms with Crippen molar-refractivity contribution < 1.29 is 23.8 Å². The summed E-state index contributed by atoms with van der Waals surface area (Å²) in [5.74, 6) is -1.08. The standard InChI is InChI=1S/C14H18BrNO6/c1-5-22-14(19)12-11(15)13(18)9(8(2)17)6-16(12)7-10(20-3)21-4/h6,10H,5,7H2,1-4H3. The first-order chi connectivity index (χ1) is 10.4. The van der Waals surface area contributed by atoms with Gasteiger partial charge in [0.2, 0.25) is 5.43 Å². The van der Waals surface area contributed by atoms with Crippen LogP contribution in [0.3, 0.4) is 0 Å². The minimum Gasteiger partial charge on any atom is -0.461 e. The number of pyridine rings is 1. The average molecular weight is 376 g/mol. The van der Waals surface area contributed by atoms with E-state index in [1.54, 1.807) is 6.92 Å². The molecule has 0 amide bonds. The van der Waals surface area contributed by atoms with E-state index in [9.17, 15) is 14.4 Å². The summed E-state index contributed by atoms with van der Waals surface area (Å²) in [6, 6.07) is 0. The number of Topliss-reactive ketones (excluding diaryl/α,β-unsaturated/α-hetero) is 1. The van der Waals surface area contributed by atoms with Gasteiger partial charge in [-0.05, 0) is 29.8 Å². The summed E-state index contributed by atoms with van der Waals surface area (Å²) < 4.78 is 16.5. The molecule has 22 heavy (non-hydrogen) atoms. The molecule has 0 aromatic carbocycles. The lowest BCUT2D eigenvalue weighted by Crippen LogP contribution is -2.29. The predicted octanol–water partition coefficient (Wildman–Crippen LogP) is 1.61. The van der Waals surface area contributed by atoms with Crippen molar-refractivity contribution in [1.82, 2.24) is 4.57 Å². The van der Waals surface area contributed by atoms with Crippen LogP contribution >= 0.6 is 15.9 Å². The molecule has 0 saturated heterocycles. The van der Waals surface area contributed by atoms with Gasteiger partial charge in [-0.2, -0.15) is 0 Å². The zero-order chi connectivity index (χ0) is 16.9. The van der Waals surface area contributed by atoms with Crippen molar-refractivity contribution in [2.45, 2.75) is 26.7 Å². The van der Waals surface area contributed by atoms with Crippen molar-refractivity contribution in [2.75, 3.05) is 20.8 Å². The second kappa shape index (κ2) is 8.21. The number of esters is 1. The van der Waals surface area contributed by atoms with Crippen LogP contribution in [0.5, 0.6) is 0 Å². The molecule has 0 atom stereocenters. The van der Waals surface area contributed by atoms with Crippen LogP contribution in [0.2, 0.25) is 0 Å². The molecule has 1 heterocycles. The minimum absolute atomic E-state index is 0.0101. The van der Waals surface area contributed by atoms with Crippen LogP contribution in [-0.4, -0.2) is 43.4 Å². The molecule has 0 bridgehead atoms. The third-order valence-electron chi connectivity index (χ3n) is 2.94. The zero-order valence-electron chi connectivity index (χ0n) is 12.8. The summed E-state index contributed by atoms with van der Waals surface area (Å²) in [6.07, 6.45) is 0.662. The quantitative estimate of drug-likeness (QED) is 0.409. The molecular formula is C14H18BrNO6. The molecule has 0 saturated carbocycles. The van der Waals surface area contributed by atoms with Crippen LogP contribution < -0.4 is 5.43 Å². The van der Waals surface area contributed by atoms with Gasteiger partial charge in [0.1, 0.15) is 5.69 Å². The molecule has 0 aliphatic rings. The van der Waals surface area contributed by atoms with Crippen LogP contribution in [0, 0.1) is 0 Å². The molecule has 0 radical (unpaired) electrons. The third-order valence-corrected chi connectivity index (χ3v) is 3.68. The largest absolute Gasteiger partial charge is 0.461 e. The Labute approximate surface area is 136 Å². The van der Waals surface area contributed by atoms with Gasteiger partial charge in [0.05, 0.1) is 23.2 Å². The summed E-state index contributed by atoms with van der Waals surface area (Å²) in [4.78, 5) is 35.9. The van der Waals surface area contributed by atoms with Crippen LogP contribution in [0.4, 0.5) is 0 Å². The van der Waals surface area contributed by atoms with Gasteiger partial charge in [-0.1, -0.05) is 0 Å². The lowest BCUT2D eigenvalue weighted by Gasteiger charge is -2.19. The van der Waals surface area contributed by atoms with Gasteiger partial charge in [-0.3, -0.25) is 9.59 Å². The molecule has 0 aliphatic heterocycles. The topological polar surface area (TPSA) is 83.8 Å². The Kier molecular flexibility index (Phi) is 6.92. The lowest BCUT2D eigenvalue weighted by molar-refractivity contribution is -0.111. The number of hydrogen-bond acceptors (Lipinski definition) is 6. The molecular weight excluding hydrogens is 358 g/mol. The number of carbonyl (C=O) groups excluding carboxylic acids is 2. The Morgan fingerprint density at radius 1 is 1.32 bits per heavy atom. The summed E-state index contributed by atoms with van der Waals surface area (Å²) in [6.45, 7) is 3.21. The van der Waals surface area contributed by atoms with E-state index in [1.807, 2.05) is 0 Å². The number of aromatic nitrogens is 1. The maximum absolute atomic E-state index is 12.2. The monoisotopic (exact) mass is 375 g/mol. The van der Waals surface area contributed by atoms with Gasteiger partial charge >= 0.3 is 5.97 Å². The number of halogens is 1. The fraction of sp³-hybridized carbons (Fsp3) is 0.500. The van der Waals surface area contributed by atoms with Crippen molar-refractivity contribution in [2.24, 2.45) is 0 Å². The van der Waals surface area contributed by atoms with Crippen molar-refractivity contribution in [3.63, 3.8) is 0 Å². The molecule has 7 nitrogen and oxygen atoms in total. The number of rotatable bonds is 7. The Balaban J connectivity index is 3.50. The van der Waals surface area contributed by atoms with Gasteiger partial charge in [0.15, 0.2) is 12.1 Å². The van der Waals surface area contributed by atoms with Crippen LogP contribution in [0.1, 0.15) is 34.7 Å². The van der Waals surface area contributed by atoms with E-state index in [0.717, 1.165) is 0 Å². The van der Waals surface area contributed by atoms with Crippen molar-refractivity contribution >= 4 is 27.7 Å². The van der Waals surface area contributed by atoms with Crippen LogP contribution in [0.25, 0.3) is 0 Å². The fourth-order valence-electron chi connectivity index (χ4n) is 1.84. The van der Waals surface area contributed by atoms with Crippen molar-refractivity contribution in [3.05, 3.63) is 32.2 Å². The Morgan fingerprint density at radius 2 is 1.91 bits per heavy atom. The SMILES string of the molecule is CCOC(=O)c1c(Br)c(=O)c(C(C)=O)cn1CC(OC)OC. The first-order valence-electron chi connectivity index (χ1n) is 6.53. The molecule has 8 heteroatoms. The van der Waals surface area contributed by atoms with Crippen molar-refractivity contribution in [1.29, 1.82) is 0 Å². The van der Waals surface area contributed by atoms with E-state index in [1.165, 1.54) is 31.9 Å². The molecule has 122 valence electrons. The highest BCUT2D eigenvalue weighted by Crippen LogP contribution is 2.17. The normalized spacial score (nSPS) is 10.8. The maximum atomic E-state index is 12.2. The molecule has 1 aromatic rings. The van der Waals surface area contributed by atoms with E-state index < -0.39 is 23.5 Å². The zero-order valence-corrected chi connectivity index (χ0v) is 14.4. The van der Waals surface area contributed by atoms with E-state index in [2.05, 4.69) is 15.9 Å². The van der Waals surface area contributed by atoms with Crippen LogP contribution in [-0.2, 0) is 20.8 Å². The Morgan fingerprint density at radius 3 is 2.36 bits per heavy atom. The predicted molar refractivity (Wildman–Crippen MR) is 82.2 cm³/mol. The lowest BCUT2D eigenvalue weighted by atomic mass is 10.1. The van der Waals surface area contributed by atoms with E-state index >= 15 is 0 Å². The Bertz CT molecular complexity index is 620. The fourth-order valence-corrected chi connectivity index (χ4v) is 2.44. The minimum atomic E-state index is -0.674. The second-order valence-corrected chi connectivity index (χ2v) is 5.16. The van der Waals surface area contributed by atoms with E-state index in [-0.39, 0.29) is 28.9 Å². The molecule has 0 N–H and O–H groups in total. The summed E-state index contributed by atoms with van der Waals surface area (Å²) in [5.41, 5.74) is -0.583. The molecule has 0 spiro atoms. The second-order valence-electron chi connectivity index (χ2n) is 4.36. The summed E-state index contributed by atoms with van der Waals surface area (Å²) in [5, 5.41) is 0.